The summed E-state index contributed by atoms with van der Waals surface area (Å²) in [6.07, 6.45) is 17.0. The smallest absolute Gasteiger partial charge is 0.160 e. The number of fused-ring (bicyclic) bond motifs is 10. The lowest BCUT2D eigenvalue weighted by Crippen LogP contribution is -2.30. The quantitative estimate of drug-likeness (QED) is 0.180. The second-order valence-electron chi connectivity index (χ2n) is 17.8. The van der Waals surface area contributed by atoms with Crippen LogP contribution in [0, 0.1) is 5.92 Å². The van der Waals surface area contributed by atoms with Crippen molar-refractivity contribution < 1.29 is 4.42 Å². The van der Waals surface area contributed by atoms with Gasteiger partial charge >= 0.3 is 0 Å². The summed E-state index contributed by atoms with van der Waals surface area (Å²) in [5, 5.41) is 1.18. The van der Waals surface area contributed by atoms with Gasteiger partial charge < -0.3 is 4.42 Å². The van der Waals surface area contributed by atoms with Gasteiger partial charge in [-0.15, -0.1) is 0 Å². The minimum atomic E-state index is -0.0248. The fourth-order valence-corrected chi connectivity index (χ4v) is 11.6. The fraction of sp³-hybridized carbons (Fsp3) is 0.236. The number of furan rings is 1. The minimum absolute atomic E-state index is 0.0248. The van der Waals surface area contributed by atoms with Crippen molar-refractivity contribution >= 4 is 22.6 Å². The third-order valence-electron chi connectivity index (χ3n) is 14.4. The van der Waals surface area contributed by atoms with Gasteiger partial charge in [0, 0.05) is 44.4 Å². The molecule has 0 N–H and O–H groups in total. The topological polar surface area (TPSA) is 38.9 Å². The lowest BCUT2D eigenvalue weighted by molar-refractivity contribution is 0.337. The maximum atomic E-state index is 6.86. The van der Waals surface area contributed by atoms with Gasteiger partial charge in [0.1, 0.15) is 11.3 Å². The molecule has 1 unspecified atom stereocenters. The van der Waals surface area contributed by atoms with Crippen molar-refractivity contribution in [2.75, 3.05) is 0 Å². The van der Waals surface area contributed by atoms with Crippen molar-refractivity contribution in [3.63, 3.8) is 0 Å². The first-order valence-electron chi connectivity index (χ1n) is 21.4. The summed E-state index contributed by atoms with van der Waals surface area (Å²) < 4.78 is 6.86. The Morgan fingerprint density at radius 1 is 0.638 bits per heavy atom. The Morgan fingerprint density at radius 2 is 1.36 bits per heavy atom. The summed E-state index contributed by atoms with van der Waals surface area (Å²) in [6.45, 7) is 4.86. The number of para-hydroxylation sites is 1. The second kappa shape index (κ2) is 12.7. The van der Waals surface area contributed by atoms with Crippen molar-refractivity contribution in [2.45, 2.75) is 76.0 Å². The van der Waals surface area contributed by atoms with Gasteiger partial charge in [-0.05, 0) is 107 Å². The molecule has 3 nitrogen and oxygen atoms in total. The van der Waals surface area contributed by atoms with E-state index in [-0.39, 0.29) is 16.7 Å². The summed E-state index contributed by atoms with van der Waals surface area (Å²) in [5.74, 6) is 1.96. The monoisotopic (exact) mass is 750 g/mol. The number of aromatic nitrogens is 2. The van der Waals surface area contributed by atoms with Crippen LogP contribution in [0.1, 0.15) is 92.4 Å². The fourth-order valence-electron chi connectivity index (χ4n) is 11.6. The number of hydrogen-bond donors (Lipinski definition) is 0. The lowest BCUT2D eigenvalue weighted by atomic mass is 9.65. The molecule has 0 aliphatic heterocycles. The van der Waals surface area contributed by atoms with Crippen LogP contribution in [0.2, 0.25) is 0 Å². The highest BCUT2D eigenvalue weighted by molar-refractivity contribution is 5.98. The average molecular weight is 751 g/mol. The highest BCUT2D eigenvalue weighted by Crippen LogP contribution is 2.62. The molecule has 0 bridgehead atoms. The maximum absolute atomic E-state index is 6.86. The molecule has 1 atom stereocenters. The predicted molar refractivity (Wildman–Crippen MR) is 237 cm³/mol. The lowest BCUT2D eigenvalue weighted by Gasteiger charge is -2.39. The van der Waals surface area contributed by atoms with E-state index in [9.17, 15) is 0 Å². The van der Waals surface area contributed by atoms with Crippen LogP contribution < -0.4 is 0 Å². The molecular formula is C55H46N2O. The number of rotatable bonds is 4. The summed E-state index contributed by atoms with van der Waals surface area (Å²) in [5.41, 5.74) is 21.0. The van der Waals surface area contributed by atoms with E-state index >= 15 is 0 Å². The molecule has 1 spiro atoms. The summed E-state index contributed by atoms with van der Waals surface area (Å²) in [7, 11) is 0. The molecule has 58 heavy (non-hydrogen) atoms. The van der Waals surface area contributed by atoms with Gasteiger partial charge in [0.15, 0.2) is 5.82 Å². The van der Waals surface area contributed by atoms with Crippen LogP contribution in [-0.4, -0.2) is 9.97 Å². The average Bonchev–Trinajstić information content (AvgIpc) is 3.86. The Bertz CT molecular complexity index is 2860. The summed E-state index contributed by atoms with van der Waals surface area (Å²) in [4.78, 5) is 10.2. The molecule has 1 fully saturated rings. The standard InChI is InChI=1S/C55H46N2O/c1-54(2)44-24-11-10-20-38(44)41-31-47-43(32-46(41)54)51-37(21-15-25-45(51)55(47)28-12-5-13-29-55)36-26-27-50-42(30-36)39-22-14-23-40(52(39)58-50)49-33-48(34-16-6-3-7-17-34)56-53(57-49)35-18-8-4-9-19-35/h3-4,6-11,14,16-24,26-27,31-33,36H,5,12-13,15,25,28-30H2,1-2H3. The van der Waals surface area contributed by atoms with E-state index in [1.165, 1.54) is 82.9 Å². The number of hydrogen-bond acceptors (Lipinski definition) is 3. The molecule has 3 heteroatoms. The van der Waals surface area contributed by atoms with Crippen LogP contribution in [0.3, 0.4) is 0 Å². The molecule has 5 aliphatic rings. The van der Waals surface area contributed by atoms with Crippen LogP contribution in [0.4, 0.5) is 0 Å². The molecule has 2 aromatic heterocycles. The van der Waals surface area contributed by atoms with Crippen molar-refractivity contribution in [2.24, 2.45) is 5.92 Å². The molecule has 1 saturated carbocycles. The Labute approximate surface area is 340 Å². The van der Waals surface area contributed by atoms with E-state index in [0.29, 0.717) is 5.82 Å². The van der Waals surface area contributed by atoms with E-state index < -0.39 is 0 Å². The van der Waals surface area contributed by atoms with Gasteiger partial charge in [-0.3, -0.25) is 0 Å². The molecule has 5 aromatic carbocycles. The van der Waals surface area contributed by atoms with Crippen LogP contribution in [0.15, 0.2) is 149 Å². The third-order valence-corrected chi connectivity index (χ3v) is 14.4. The van der Waals surface area contributed by atoms with Gasteiger partial charge in [-0.2, -0.15) is 0 Å². The van der Waals surface area contributed by atoms with E-state index in [1.807, 2.05) is 24.3 Å². The molecule has 0 radical (unpaired) electrons. The molecule has 7 aromatic rings. The number of benzene rings is 5. The summed E-state index contributed by atoms with van der Waals surface area (Å²) >= 11 is 0. The molecule has 282 valence electrons. The molecule has 2 heterocycles. The largest absolute Gasteiger partial charge is 0.456 e. The van der Waals surface area contributed by atoms with Gasteiger partial charge in [-0.25, -0.2) is 9.97 Å². The molecule has 0 amide bonds. The molecular weight excluding hydrogens is 705 g/mol. The Hall–Kier alpha value is -6.06. The maximum Gasteiger partial charge on any atom is 0.160 e. The van der Waals surface area contributed by atoms with Crippen LogP contribution in [-0.2, 0) is 17.3 Å². The van der Waals surface area contributed by atoms with Gasteiger partial charge in [0.25, 0.3) is 0 Å². The van der Waals surface area contributed by atoms with Crippen molar-refractivity contribution in [1.29, 1.82) is 0 Å². The van der Waals surface area contributed by atoms with Crippen molar-refractivity contribution in [3.8, 4) is 45.0 Å². The van der Waals surface area contributed by atoms with E-state index in [1.54, 1.807) is 16.7 Å². The Morgan fingerprint density at radius 3 is 2.19 bits per heavy atom. The number of allylic oxidation sites excluding steroid dienone is 5. The SMILES string of the molecule is CC1(C)c2ccccc2-c2cc3c(cc21)C1=C(CCC=C1C1C=Cc2oc4c(-c5cc(-c6ccccc6)nc(-c6ccccc6)n5)cccc4c2C1)C31CCCCC1. The van der Waals surface area contributed by atoms with Crippen LogP contribution in [0.25, 0.3) is 67.6 Å². The first-order chi connectivity index (χ1) is 28.5. The van der Waals surface area contributed by atoms with Crippen molar-refractivity contribution in [1.82, 2.24) is 9.97 Å². The van der Waals surface area contributed by atoms with Gasteiger partial charge in [0.2, 0.25) is 0 Å². The molecule has 12 rings (SSSR count). The van der Waals surface area contributed by atoms with Crippen LogP contribution >= 0.6 is 0 Å². The highest BCUT2D eigenvalue weighted by Gasteiger charge is 2.49. The number of nitrogens with zero attached hydrogens (tertiary/aromatic N) is 2. The van der Waals surface area contributed by atoms with Crippen molar-refractivity contribution in [3.05, 3.63) is 178 Å². The van der Waals surface area contributed by atoms with E-state index in [2.05, 4.69) is 129 Å². The minimum Gasteiger partial charge on any atom is -0.456 e. The Balaban J connectivity index is 0.960. The Kier molecular flexibility index (Phi) is 7.46. The third kappa shape index (κ3) is 4.92. The van der Waals surface area contributed by atoms with Crippen LogP contribution in [0.5, 0.6) is 0 Å². The zero-order valence-electron chi connectivity index (χ0n) is 33.3. The second-order valence-corrected chi connectivity index (χ2v) is 17.8. The summed E-state index contributed by atoms with van der Waals surface area (Å²) in [6, 6.07) is 43.9. The van der Waals surface area contributed by atoms with Gasteiger partial charge in [-0.1, -0.05) is 148 Å². The zero-order chi connectivity index (χ0) is 38.6. The molecule has 0 saturated heterocycles. The zero-order valence-corrected chi connectivity index (χ0v) is 33.3. The predicted octanol–water partition coefficient (Wildman–Crippen LogP) is 14.1. The molecule has 5 aliphatic carbocycles. The first-order valence-corrected chi connectivity index (χ1v) is 21.4. The van der Waals surface area contributed by atoms with E-state index in [4.69, 9.17) is 14.4 Å². The van der Waals surface area contributed by atoms with Gasteiger partial charge in [0.05, 0.1) is 11.4 Å². The highest BCUT2D eigenvalue weighted by atomic mass is 16.3. The first kappa shape index (κ1) is 34.0. The van der Waals surface area contributed by atoms with E-state index in [0.717, 1.165) is 52.3 Å². The normalized spacial score (nSPS) is 19.4.